The quantitative estimate of drug-likeness (QED) is 0.739. The highest BCUT2D eigenvalue weighted by atomic mass is 16.5. The lowest BCUT2D eigenvalue weighted by Gasteiger charge is -2.12. The van der Waals surface area contributed by atoms with Crippen molar-refractivity contribution in [2.75, 3.05) is 20.3 Å². The van der Waals surface area contributed by atoms with E-state index in [2.05, 4.69) is 43.6 Å². The van der Waals surface area contributed by atoms with Crippen molar-refractivity contribution < 1.29 is 4.74 Å². The Labute approximate surface area is 105 Å². The predicted octanol–water partition coefficient (Wildman–Crippen LogP) is 2.50. The van der Waals surface area contributed by atoms with Crippen LogP contribution in [0.15, 0.2) is 6.07 Å². The summed E-state index contributed by atoms with van der Waals surface area (Å²) >= 11 is 0. The van der Waals surface area contributed by atoms with Crippen LogP contribution >= 0.6 is 0 Å². The topological polar surface area (TPSA) is 26.2 Å². The van der Waals surface area contributed by atoms with Crippen LogP contribution in [-0.2, 0) is 17.8 Å². The molecule has 0 bridgehead atoms. The Hall–Kier alpha value is -0.800. The molecule has 1 N–H and O–H groups in total. The first-order chi connectivity index (χ1) is 8.06. The van der Waals surface area contributed by atoms with Crippen LogP contribution in [0.1, 0.15) is 30.8 Å². The van der Waals surface area contributed by atoms with E-state index >= 15 is 0 Å². The molecular formula is C14H26N2O. The fraction of sp³-hybridized carbons (Fsp3) is 0.714. The third-order valence-electron chi connectivity index (χ3n) is 3.02. The van der Waals surface area contributed by atoms with Gasteiger partial charge in [0.2, 0.25) is 0 Å². The summed E-state index contributed by atoms with van der Waals surface area (Å²) in [5, 5.41) is 3.40. The smallest absolute Gasteiger partial charge is 0.0587 e. The van der Waals surface area contributed by atoms with Gasteiger partial charge in [-0.1, -0.05) is 13.8 Å². The fourth-order valence-electron chi connectivity index (χ4n) is 2.09. The minimum atomic E-state index is 0.689. The molecule has 0 aliphatic rings. The number of aromatic nitrogens is 1. The minimum absolute atomic E-state index is 0.689. The van der Waals surface area contributed by atoms with Gasteiger partial charge in [-0.15, -0.1) is 0 Å². The average molecular weight is 238 g/mol. The number of hydrogen-bond donors (Lipinski definition) is 1. The van der Waals surface area contributed by atoms with E-state index in [1.54, 1.807) is 7.11 Å². The number of nitrogens with zero attached hydrogens (tertiary/aromatic N) is 1. The van der Waals surface area contributed by atoms with Gasteiger partial charge in [-0.25, -0.2) is 0 Å². The SMILES string of the molecule is COCCNCc1cc(C)n(CC(C)C)c1C. The van der Waals surface area contributed by atoms with Gasteiger partial charge in [-0.2, -0.15) is 0 Å². The van der Waals surface area contributed by atoms with Crippen LogP contribution in [0.2, 0.25) is 0 Å². The van der Waals surface area contributed by atoms with Crippen molar-refractivity contribution in [3.8, 4) is 0 Å². The zero-order chi connectivity index (χ0) is 12.8. The van der Waals surface area contributed by atoms with E-state index in [0.717, 1.165) is 26.2 Å². The molecule has 0 aliphatic carbocycles. The zero-order valence-electron chi connectivity index (χ0n) is 11.8. The molecule has 0 aliphatic heterocycles. The van der Waals surface area contributed by atoms with Gasteiger partial charge in [0, 0.05) is 38.1 Å². The monoisotopic (exact) mass is 238 g/mol. The summed E-state index contributed by atoms with van der Waals surface area (Å²) in [5.74, 6) is 0.689. The van der Waals surface area contributed by atoms with E-state index in [1.807, 2.05) is 0 Å². The second kappa shape index (κ2) is 6.82. The third-order valence-corrected chi connectivity index (χ3v) is 3.02. The van der Waals surface area contributed by atoms with Gasteiger partial charge in [0.15, 0.2) is 0 Å². The van der Waals surface area contributed by atoms with Gasteiger partial charge in [0.25, 0.3) is 0 Å². The van der Waals surface area contributed by atoms with Crippen molar-refractivity contribution in [3.63, 3.8) is 0 Å². The molecule has 17 heavy (non-hydrogen) atoms. The summed E-state index contributed by atoms with van der Waals surface area (Å²) in [7, 11) is 1.73. The third kappa shape index (κ3) is 4.17. The van der Waals surface area contributed by atoms with E-state index in [1.165, 1.54) is 17.0 Å². The molecule has 0 amide bonds. The van der Waals surface area contributed by atoms with Crippen molar-refractivity contribution in [3.05, 3.63) is 23.0 Å². The van der Waals surface area contributed by atoms with Crippen LogP contribution in [0.25, 0.3) is 0 Å². The Bertz CT molecular complexity index is 342. The molecule has 0 atom stereocenters. The first-order valence-electron chi connectivity index (χ1n) is 6.41. The highest BCUT2D eigenvalue weighted by Gasteiger charge is 2.09. The second-order valence-corrected chi connectivity index (χ2v) is 5.07. The van der Waals surface area contributed by atoms with Crippen LogP contribution in [0.4, 0.5) is 0 Å². The minimum Gasteiger partial charge on any atom is -0.383 e. The molecule has 0 radical (unpaired) electrons. The Kier molecular flexibility index (Phi) is 5.72. The van der Waals surface area contributed by atoms with E-state index in [-0.39, 0.29) is 0 Å². The summed E-state index contributed by atoms with van der Waals surface area (Å²) in [4.78, 5) is 0. The lowest BCUT2D eigenvalue weighted by Crippen LogP contribution is -2.19. The average Bonchev–Trinajstić information content (AvgIpc) is 2.52. The van der Waals surface area contributed by atoms with Crippen molar-refractivity contribution >= 4 is 0 Å². The lowest BCUT2D eigenvalue weighted by molar-refractivity contribution is 0.199. The molecule has 0 spiro atoms. The largest absolute Gasteiger partial charge is 0.383 e. The summed E-state index contributed by atoms with van der Waals surface area (Å²) in [6.45, 7) is 12.6. The number of methoxy groups -OCH3 is 1. The molecule has 0 saturated carbocycles. The van der Waals surface area contributed by atoms with Crippen LogP contribution < -0.4 is 5.32 Å². The maximum atomic E-state index is 5.02. The molecule has 98 valence electrons. The molecular weight excluding hydrogens is 212 g/mol. The van der Waals surface area contributed by atoms with Crippen molar-refractivity contribution in [1.29, 1.82) is 0 Å². The molecule has 1 heterocycles. The highest BCUT2D eigenvalue weighted by Crippen LogP contribution is 2.16. The van der Waals surface area contributed by atoms with Gasteiger partial charge >= 0.3 is 0 Å². The molecule has 3 heteroatoms. The van der Waals surface area contributed by atoms with Crippen molar-refractivity contribution in [2.24, 2.45) is 5.92 Å². The summed E-state index contributed by atoms with van der Waals surface area (Å²) in [6.07, 6.45) is 0. The van der Waals surface area contributed by atoms with Crippen LogP contribution in [-0.4, -0.2) is 24.8 Å². The molecule has 0 saturated heterocycles. The fourth-order valence-corrected chi connectivity index (χ4v) is 2.09. The van der Waals surface area contributed by atoms with Gasteiger partial charge in [0.1, 0.15) is 0 Å². The standard InChI is InChI=1S/C14H26N2O/c1-11(2)10-16-12(3)8-14(13(16)4)9-15-6-7-17-5/h8,11,15H,6-7,9-10H2,1-5H3. The maximum Gasteiger partial charge on any atom is 0.0587 e. The molecule has 0 fully saturated rings. The number of hydrogen-bond acceptors (Lipinski definition) is 2. The highest BCUT2D eigenvalue weighted by molar-refractivity contribution is 5.26. The van der Waals surface area contributed by atoms with Crippen LogP contribution in [0.5, 0.6) is 0 Å². The molecule has 3 nitrogen and oxygen atoms in total. The van der Waals surface area contributed by atoms with Gasteiger partial charge < -0.3 is 14.6 Å². The van der Waals surface area contributed by atoms with Crippen LogP contribution in [0.3, 0.4) is 0 Å². The summed E-state index contributed by atoms with van der Waals surface area (Å²) in [5.41, 5.74) is 4.15. The number of ether oxygens (including phenoxy) is 1. The number of nitrogens with one attached hydrogen (secondary N) is 1. The Morgan fingerprint density at radius 1 is 1.35 bits per heavy atom. The first-order valence-corrected chi connectivity index (χ1v) is 6.41. The normalized spacial score (nSPS) is 11.4. The van der Waals surface area contributed by atoms with E-state index < -0.39 is 0 Å². The van der Waals surface area contributed by atoms with E-state index in [9.17, 15) is 0 Å². The number of rotatable bonds is 7. The van der Waals surface area contributed by atoms with Crippen LogP contribution in [0, 0.1) is 19.8 Å². The summed E-state index contributed by atoms with van der Waals surface area (Å²) in [6, 6.07) is 2.29. The Balaban J connectivity index is 2.61. The van der Waals surface area contributed by atoms with E-state index in [0.29, 0.717) is 5.92 Å². The molecule has 0 unspecified atom stereocenters. The second-order valence-electron chi connectivity index (χ2n) is 5.07. The molecule has 0 aromatic carbocycles. The maximum absolute atomic E-state index is 5.02. The first kappa shape index (κ1) is 14.3. The van der Waals surface area contributed by atoms with Gasteiger partial charge in [0.05, 0.1) is 6.61 Å². The summed E-state index contributed by atoms with van der Waals surface area (Å²) < 4.78 is 7.44. The van der Waals surface area contributed by atoms with E-state index in [4.69, 9.17) is 4.74 Å². The number of aryl methyl sites for hydroxylation is 1. The van der Waals surface area contributed by atoms with Crippen molar-refractivity contribution in [1.82, 2.24) is 9.88 Å². The van der Waals surface area contributed by atoms with Crippen molar-refractivity contribution in [2.45, 2.75) is 40.8 Å². The molecule has 1 aromatic rings. The van der Waals surface area contributed by atoms with Gasteiger partial charge in [-0.3, -0.25) is 0 Å². The Morgan fingerprint density at radius 3 is 2.65 bits per heavy atom. The lowest BCUT2D eigenvalue weighted by atomic mass is 10.2. The molecule has 1 aromatic heterocycles. The van der Waals surface area contributed by atoms with Gasteiger partial charge in [-0.05, 0) is 31.4 Å². The predicted molar refractivity (Wildman–Crippen MR) is 72.3 cm³/mol. The molecule has 1 rings (SSSR count). The Morgan fingerprint density at radius 2 is 2.06 bits per heavy atom. The zero-order valence-corrected chi connectivity index (χ0v) is 11.8.